The normalized spacial score (nSPS) is 11.7. The zero-order valence-electron chi connectivity index (χ0n) is 9.68. The number of nitrogens with zero attached hydrogens (tertiary/aromatic N) is 1. The molecule has 0 spiro atoms. The number of hydrogen-bond donors (Lipinski definition) is 1. The molecule has 1 N–H and O–H groups in total. The highest BCUT2D eigenvalue weighted by atomic mass is 35.7. The minimum Gasteiger partial charge on any atom is -0.299 e. The van der Waals surface area contributed by atoms with Crippen LogP contribution in [0.15, 0.2) is 20.7 Å². The third kappa shape index (κ3) is 4.18. The van der Waals surface area contributed by atoms with E-state index in [1.165, 1.54) is 0 Å². The predicted octanol–water partition coefficient (Wildman–Crippen LogP) is 0.607. The van der Waals surface area contributed by atoms with E-state index >= 15 is 0 Å². The van der Waals surface area contributed by atoms with Crippen molar-refractivity contribution < 1.29 is 8.42 Å². The van der Waals surface area contributed by atoms with Gasteiger partial charge >= 0.3 is 5.69 Å². The summed E-state index contributed by atoms with van der Waals surface area (Å²) in [5.74, 6) is 1.83. The van der Waals surface area contributed by atoms with E-state index in [0.29, 0.717) is 13.0 Å². The van der Waals surface area contributed by atoms with Crippen molar-refractivity contribution in [3.8, 4) is 0 Å². The van der Waals surface area contributed by atoms with Crippen LogP contribution in [0.1, 0.15) is 13.3 Å². The molecule has 0 amide bonds. The maximum Gasteiger partial charge on any atom is 0.328 e. The third-order valence-electron chi connectivity index (χ3n) is 2.13. The summed E-state index contributed by atoms with van der Waals surface area (Å²) < 4.78 is 23.4. The monoisotopic (exact) mass is 312 g/mol. The minimum absolute atomic E-state index is 0.335. The fraction of sp³-hybridized carbons (Fsp3) is 0.556. The lowest BCUT2D eigenvalue weighted by molar-refractivity contribution is 0.594. The van der Waals surface area contributed by atoms with Crippen molar-refractivity contribution >= 4 is 31.5 Å². The van der Waals surface area contributed by atoms with Crippen LogP contribution in [0.4, 0.5) is 0 Å². The van der Waals surface area contributed by atoms with E-state index in [4.69, 9.17) is 10.7 Å². The molecule has 0 bridgehead atoms. The maximum absolute atomic E-state index is 11.4. The number of aryl methyl sites for hydroxylation is 1. The summed E-state index contributed by atoms with van der Waals surface area (Å²) in [4.78, 5) is 24.1. The quantitative estimate of drug-likeness (QED) is 0.614. The molecule has 9 heteroatoms. The third-order valence-corrected chi connectivity index (χ3v) is 4.43. The average Bonchev–Trinajstić information content (AvgIpc) is 2.25. The molecule has 0 aliphatic carbocycles. The van der Waals surface area contributed by atoms with Gasteiger partial charge in [-0.2, -0.15) is 11.8 Å². The van der Waals surface area contributed by atoms with Crippen LogP contribution >= 0.6 is 22.4 Å². The molecule has 0 saturated heterocycles. The summed E-state index contributed by atoms with van der Waals surface area (Å²) in [6.07, 6.45) is 1.69. The lowest BCUT2D eigenvalue weighted by atomic mass is 10.4. The zero-order chi connectivity index (χ0) is 13.8. The van der Waals surface area contributed by atoms with Crippen LogP contribution in [-0.2, 0) is 15.6 Å². The molecule has 6 nitrogen and oxygen atoms in total. The molecule has 0 unspecified atom stereocenters. The molecule has 1 rings (SSSR count). The molecule has 0 aliphatic rings. The molecule has 18 heavy (non-hydrogen) atoms. The Kier molecular flexibility index (Phi) is 5.48. The highest BCUT2D eigenvalue weighted by Gasteiger charge is 2.16. The van der Waals surface area contributed by atoms with Gasteiger partial charge in [0.05, 0.1) is 0 Å². The fourth-order valence-electron chi connectivity index (χ4n) is 1.31. The summed E-state index contributed by atoms with van der Waals surface area (Å²) in [6, 6.07) is 0. The summed E-state index contributed by atoms with van der Waals surface area (Å²) in [5, 5.41) is 0. The van der Waals surface area contributed by atoms with Crippen molar-refractivity contribution in [3.05, 3.63) is 27.0 Å². The van der Waals surface area contributed by atoms with Gasteiger partial charge in [-0.05, 0) is 17.9 Å². The first kappa shape index (κ1) is 15.3. The van der Waals surface area contributed by atoms with E-state index in [0.717, 1.165) is 22.3 Å². The summed E-state index contributed by atoms with van der Waals surface area (Å²) in [7, 11) is 0.960. The van der Waals surface area contributed by atoms with Crippen LogP contribution in [0, 0.1) is 0 Å². The topological polar surface area (TPSA) is 89.0 Å². The molecule has 1 aromatic rings. The Morgan fingerprint density at radius 2 is 2.11 bits per heavy atom. The van der Waals surface area contributed by atoms with E-state index in [1.54, 1.807) is 11.8 Å². The van der Waals surface area contributed by atoms with Crippen LogP contribution in [0.2, 0.25) is 0 Å². The van der Waals surface area contributed by atoms with Crippen LogP contribution in [0.3, 0.4) is 0 Å². The van der Waals surface area contributed by atoms with E-state index in [1.807, 2.05) is 11.9 Å². The van der Waals surface area contributed by atoms with Gasteiger partial charge < -0.3 is 0 Å². The summed E-state index contributed by atoms with van der Waals surface area (Å²) in [5.41, 5.74) is -1.63. The molecule has 1 heterocycles. The molecular formula is C9H13ClN2O4S2. The zero-order valence-corrected chi connectivity index (χ0v) is 12.1. The SMILES string of the molecule is CCSCCCn1cc(S(=O)(=O)Cl)c(=O)[nH]c1=O. The van der Waals surface area contributed by atoms with E-state index < -0.39 is 25.2 Å². The number of hydrogen-bond acceptors (Lipinski definition) is 5. The first-order valence-corrected chi connectivity index (χ1v) is 8.69. The van der Waals surface area contributed by atoms with Gasteiger partial charge in [-0.15, -0.1) is 0 Å². The molecule has 102 valence electrons. The first-order chi connectivity index (χ1) is 8.36. The van der Waals surface area contributed by atoms with Gasteiger partial charge in [-0.25, -0.2) is 13.2 Å². The summed E-state index contributed by atoms with van der Waals surface area (Å²) >= 11 is 1.71. The molecule has 0 aromatic carbocycles. The number of thioether (sulfide) groups is 1. The van der Waals surface area contributed by atoms with Crippen LogP contribution in [0.25, 0.3) is 0 Å². The number of aromatic amines is 1. The highest BCUT2D eigenvalue weighted by Crippen LogP contribution is 2.08. The van der Waals surface area contributed by atoms with Crippen molar-refractivity contribution in [1.29, 1.82) is 0 Å². The van der Waals surface area contributed by atoms with E-state index in [2.05, 4.69) is 0 Å². The van der Waals surface area contributed by atoms with Gasteiger partial charge in [0.25, 0.3) is 14.6 Å². The Morgan fingerprint density at radius 1 is 1.44 bits per heavy atom. The molecule has 0 saturated carbocycles. The number of aromatic nitrogens is 2. The van der Waals surface area contributed by atoms with Crippen LogP contribution in [-0.4, -0.2) is 29.5 Å². The Labute approximate surface area is 113 Å². The number of nitrogens with one attached hydrogen (secondary N) is 1. The smallest absolute Gasteiger partial charge is 0.299 e. The van der Waals surface area contributed by atoms with Crippen molar-refractivity contribution in [3.63, 3.8) is 0 Å². The minimum atomic E-state index is -4.14. The van der Waals surface area contributed by atoms with Gasteiger partial charge in [-0.1, -0.05) is 6.92 Å². The summed E-state index contributed by atoms with van der Waals surface area (Å²) in [6.45, 7) is 2.36. The second-order valence-corrected chi connectivity index (χ2v) is 7.36. The molecule has 0 radical (unpaired) electrons. The highest BCUT2D eigenvalue weighted by molar-refractivity contribution is 8.13. The number of H-pyrrole nitrogens is 1. The number of rotatable bonds is 6. The van der Waals surface area contributed by atoms with Gasteiger partial charge in [-0.3, -0.25) is 14.3 Å². The predicted molar refractivity (Wildman–Crippen MR) is 72.0 cm³/mol. The van der Waals surface area contributed by atoms with Gasteiger partial charge in [0.15, 0.2) is 4.90 Å². The van der Waals surface area contributed by atoms with Crippen LogP contribution in [0.5, 0.6) is 0 Å². The molecule has 0 atom stereocenters. The largest absolute Gasteiger partial charge is 0.328 e. The van der Waals surface area contributed by atoms with Crippen LogP contribution < -0.4 is 11.2 Å². The van der Waals surface area contributed by atoms with Gasteiger partial charge in [0.1, 0.15) is 0 Å². The lowest BCUT2D eigenvalue weighted by Crippen LogP contribution is -2.32. The first-order valence-electron chi connectivity index (χ1n) is 5.22. The van der Waals surface area contributed by atoms with Gasteiger partial charge in [0, 0.05) is 23.4 Å². The second-order valence-electron chi connectivity index (χ2n) is 3.43. The Balaban J connectivity index is 3.00. The average molecular weight is 313 g/mol. The lowest BCUT2D eigenvalue weighted by Gasteiger charge is -2.05. The van der Waals surface area contributed by atoms with E-state index in [9.17, 15) is 18.0 Å². The fourth-order valence-corrected chi connectivity index (χ4v) is 2.79. The molecule has 0 aliphatic heterocycles. The van der Waals surface area contributed by atoms with Crippen molar-refractivity contribution in [2.45, 2.75) is 24.8 Å². The van der Waals surface area contributed by atoms with Gasteiger partial charge in [0.2, 0.25) is 0 Å². The second kappa shape index (κ2) is 6.44. The van der Waals surface area contributed by atoms with E-state index in [-0.39, 0.29) is 0 Å². The molecular weight excluding hydrogens is 300 g/mol. The maximum atomic E-state index is 11.4. The van der Waals surface area contributed by atoms with Crippen molar-refractivity contribution in [2.24, 2.45) is 0 Å². The molecule has 0 fully saturated rings. The Morgan fingerprint density at radius 3 is 2.67 bits per heavy atom. The standard InChI is InChI=1S/C9H13ClN2O4S2/c1-2-17-5-3-4-12-6-7(18(10,15)16)8(13)11-9(12)14/h6H,2-5H2,1H3,(H,11,13,14). The Bertz CT molecular complexity index is 620. The van der Waals surface area contributed by atoms with Crippen molar-refractivity contribution in [2.75, 3.05) is 11.5 Å². The number of halogens is 1. The molecule has 1 aromatic heterocycles. The van der Waals surface area contributed by atoms with Crippen molar-refractivity contribution in [1.82, 2.24) is 9.55 Å². The Hall–Kier alpha value is -0.730.